The third-order valence-corrected chi connectivity index (χ3v) is 3.13. The molecule has 90 valence electrons. The fraction of sp³-hybridized carbons (Fsp3) is 0.600. The maximum absolute atomic E-state index is 9.26. The van der Waals surface area contributed by atoms with Crippen molar-refractivity contribution in [3.8, 4) is 0 Å². The summed E-state index contributed by atoms with van der Waals surface area (Å²) in [5, 5.41) is 9.26. The van der Waals surface area contributed by atoms with E-state index in [0.29, 0.717) is 18.4 Å². The van der Waals surface area contributed by atoms with Gasteiger partial charge in [-0.15, -0.1) is 0 Å². The van der Waals surface area contributed by atoms with Crippen LogP contribution in [0.1, 0.15) is 50.7 Å². The van der Waals surface area contributed by atoms with Crippen LogP contribution in [0.25, 0.3) is 0 Å². The van der Waals surface area contributed by atoms with Crippen LogP contribution in [0.5, 0.6) is 0 Å². The van der Waals surface area contributed by atoms with Gasteiger partial charge in [-0.05, 0) is 35.8 Å². The molecule has 16 heavy (non-hydrogen) atoms. The van der Waals surface area contributed by atoms with Gasteiger partial charge in [0.25, 0.3) is 0 Å². The van der Waals surface area contributed by atoms with Crippen LogP contribution in [0.2, 0.25) is 0 Å². The molecule has 0 spiro atoms. The van der Waals surface area contributed by atoms with Crippen molar-refractivity contribution in [2.45, 2.75) is 46.0 Å². The Morgan fingerprint density at radius 1 is 1.12 bits per heavy atom. The molecule has 0 aliphatic rings. The molecule has 0 aromatic heterocycles. The van der Waals surface area contributed by atoms with Gasteiger partial charge in [-0.3, -0.25) is 0 Å². The zero-order valence-electron chi connectivity index (χ0n) is 10.7. The highest BCUT2D eigenvalue weighted by molar-refractivity contribution is 5.24. The summed E-state index contributed by atoms with van der Waals surface area (Å²) in [5.74, 6) is 1.02. The van der Waals surface area contributed by atoms with Crippen LogP contribution >= 0.6 is 0 Å². The van der Waals surface area contributed by atoms with Crippen molar-refractivity contribution < 1.29 is 5.11 Å². The lowest BCUT2D eigenvalue weighted by molar-refractivity contribution is 0.217. The van der Waals surface area contributed by atoms with E-state index in [1.54, 1.807) is 0 Å². The monoisotopic (exact) mass is 220 g/mol. The first-order valence-corrected chi connectivity index (χ1v) is 6.37. The molecule has 0 aliphatic heterocycles. The minimum Gasteiger partial charge on any atom is -0.396 e. The van der Waals surface area contributed by atoms with E-state index in [1.807, 2.05) is 0 Å². The molecule has 1 nitrogen and oxygen atoms in total. The van der Waals surface area contributed by atoms with Crippen LogP contribution in [0.3, 0.4) is 0 Å². The predicted octanol–water partition coefficient (Wildman–Crippen LogP) is 3.76. The summed E-state index contributed by atoms with van der Waals surface area (Å²) >= 11 is 0. The Morgan fingerprint density at radius 2 is 1.75 bits per heavy atom. The number of hydrogen-bond donors (Lipinski definition) is 1. The molecule has 1 aromatic carbocycles. The van der Waals surface area contributed by atoms with Crippen molar-refractivity contribution >= 4 is 0 Å². The lowest BCUT2D eigenvalue weighted by Gasteiger charge is -2.13. The second kappa shape index (κ2) is 6.70. The normalized spacial score (nSPS) is 13.1. The second-order valence-electron chi connectivity index (χ2n) is 4.94. The Labute approximate surface area is 99.5 Å². The molecule has 1 unspecified atom stereocenters. The Kier molecular flexibility index (Phi) is 5.54. The first-order valence-electron chi connectivity index (χ1n) is 6.37. The summed E-state index contributed by atoms with van der Waals surface area (Å²) in [5.41, 5.74) is 2.73. The molecule has 0 fully saturated rings. The maximum Gasteiger partial charge on any atom is 0.0462 e. The van der Waals surface area contributed by atoms with Crippen molar-refractivity contribution in [3.05, 3.63) is 35.4 Å². The topological polar surface area (TPSA) is 20.2 Å². The standard InChI is InChI=1S/C15H24O/c1-4-5-14(11-16)10-13-6-8-15(9-7-13)12(2)3/h6-9,12,14,16H,4-5,10-11H2,1-3H3. The van der Waals surface area contributed by atoms with Gasteiger partial charge in [0.15, 0.2) is 0 Å². The van der Waals surface area contributed by atoms with Crippen molar-refractivity contribution in [2.75, 3.05) is 6.61 Å². The zero-order chi connectivity index (χ0) is 12.0. The lowest BCUT2D eigenvalue weighted by atomic mass is 9.94. The highest BCUT2D eigenvalue weighted by Gasteiger charge is 2.07. The van der Waals surface area contributed by atoms with Crippen molar-refractivity contribution in [1.82, 2.24) is 0 Å². The molecule has 0 bridgehead atoms. The lowest BCUT2D eigenvalue weighted by Crippen LogP contribution is -2.09. The fourth-order valence-corrected chi connectivity index (χ4v) is 2.04. The van der Waals surface area contributed by atoms with E-state index in [2.05, 4.69) is 45.0 Å². The van der Waals surface area contributed by atoms with Gasteiger partial charge >= 0.3 is 0 Å². The van der Waals surface area contributed by atoms with Gasteiger partial charge in [-0.1, -0.05) is 51.5 Å². The number of aliphatic hydroxyl groups excluding tert-OH is 1. The SMILES string of the molecule is CCCC(CO)Cc1ccc(C(C)C)cc1. The quantitative estimate of drug-likeness (QED) is 0.774. The first kappa shape index (κ1) is 13.2. The Balaban J connectivity index is 2.60. The third-order valence-electron chi connectivity index (χ3n) is 3.13. The molecule has 1 atom stereocenters. The maximum atomic E-state index is 9.26. The Hall–Kier alpha value is -0.820. The summed E-state index contributed by atoms with van der Waals surface area (Å²) < 4.78 is 0. The summed E-state index contributed by atoms with van der Waals surface area (Å²) in [6, 6.07) is 8.82. The van der Waals surface area contributed by atoms with Crippen molar-refractivity contribution in [2.24, 2.45) is 5.92 Å². The van der Waals surface area contributed by atoms with E-state index in [0.717, 1.165) is 19.3 Å². The second-order valence-corrected chi connectivity index (χ2v) is 4.94. The molecular formula is C15H24O. The minimum absolute atomic E-state index is 0.305. The van der Waals surface area contributed by atoms with Crippen LogP contribution in [0, 0.1) is 5.92 Å². The molecular weight excluding hydrogens is 196 g/mol. The molecule has 0 radical (unpaired) electrons. The summed E-state index contributed by atoms with van der Waals surface area (Å²) in [7, 11) is 0. The van der Waals surface area contributed by atoms with E-state index in [-0.39, 0.29) is 0 Å². The van der Waals surface area contributed by atoms with E-state index >= 15 is 0 Å². The van der Waals surface area contributed by atoms with Crippen LogP contribution in [-0.2, 0) is 6.42 Å². The highest BCUT2D eigenvalue weighted by atomic mass is 16.3. The molecule has 0 heterocycles. The summed E-state index contributed by atoms with van der Waals surface area (Å²) in [6.45, 7) is 6.90. The highest BCUT2D eigenvalue weighted by Crippen LogP contribution is 2.18. The number of aliphatic hydroxyl groups is 1. The number of benzene rings is 1. The van der Waals surface area contributed by atoms with Crippen LogP contribution < -0.4 is 0 Å². The first-order chi connectivity index (χ1) is 7.67. The third kappa shape index (κ3) is 3.97. The summed E-state index contributed by atoms with van der Waals surface area (Å²) in [4.78, 5) is 0. The van der Waals surface area contributed by atoms with E-state index in [9.17, 15) is 5.11 Å². The fourth-order valence-electron chi connectivity index (χ4n) is 2.04. The average molecular weight is 220 g/mol. The van der Waals surface area contributed by atoms with Gasteiger partial charge in [0.2, 0.25) is 0 Å². The van der Waals surface area contributed by atoms with Gasteiger partial charge < -0.3 is 5.11 Å². The van der Waals surface area contributed by atoms with E-state index < -0.39 is 0 Å². The predicted molar refractivity (Wildman–Crippen MR) is 69.7 cm³/mol. The van der Waals surface area contributed by atoms with Crippen LogP contribution in [-0.4, -0.2) is 11.7 Å². The molecule has 0 saturated heterocycles. The van der Waals surface area contributed by atoms with Crippen molar-refractivity contribution in [1.29, 1.82) is 0 Å². The molecule has 0 saturated carbocycles. The van der Waals surface area contributed by atoms with E-state index in [4.69, 9.17) is 0 Å². The largest absolute Gasteiger partial charge is 0.396 e. The zero-order valence-corrected chi connectivity index (χ0v) is 10.7. The molecule has 1 aromatic rings. The number of rotatable bonds is 6. The smallest absolute Gasteiger partial charge is 0.0462 e. The van der Waals surface area contributed by atoms with E-state index in [1.165, 1.54) is 11.1 Å². The molecule has 1 rings (SSSR count). The Morgan fingerprint density at radius 3 is 2.19 bits per heavy atom. The molecule has 0 aliphatic carbocycles. The minimum atomic E-state index is 0.305. The molecule has 1 heteroatoms. The van der Waals surface area contributed by atoms with Gasteiger partial charge in [0.05, 0.1) is 0 Å². The molecule has 1 N–H and O–H groups in total. The Bertz CT molecular complexity index is 287. The van der Waals surface area contributed by atoms with Gasteiger partial charge in [0.1, 0.15) is 0 Å². The average Bonchev–Trinajstić information content (AvgIpc) is 2.29. The van der Waals surface area contributed by atoms with Crippen LogP contribution in [0.15, 0.2) is 24.3 Å². The van der Waals surface area contributed by atoms with Gasteiger partial charge in [-0.2, -0.15) is 0 Å². The molecule has 0 amide bonds. The number of hydrogen-bond acceptors (Lipinski definition) is 1. The van der Waals surface area contributed by atoms with Gasteiger partial charge in [0, 0.05) is 6.61 Å². The van der Waals surface area contributed by atoms with Crippen molar-refractivity contribution in [3.63, 3.8) is 0 Å². The van der Waals surface area contributed by atoms with Crippen LogP contribution in [0.4, 0.5) is 0 Å². The summed E-state index contributed by atoms with van der Waals surface area (Å²) in [6.07, 6.45) is 3.26. The van der Waals surface area contributed by atoms with Gasteiger partial charge in [-0.25, -0.2) is 0 Å².